The molecule has 0 saturated carbocycles. The molecule has 0 fully saturated rings. The third kappa shape index (κ3) is 4.06. The molecule has 0 unspecified atom stereocenters. The van der Waals surface area contributed by atoms with Gasteiger partial charge in [0.25, 0.3) is 0 Å². The van der Waals surface area contributed by atoms with Gasteiger partial charge in [-0.3, -0.25) is 9.52 Å². The fourth-order valence-electron chi connectivity index (χ4n) is 4.14. The van der Waals surface area contributed by atoms with Crippen molar-refractivity contribution in [1.82, 2.24) is 15.0 Å². The molecule has 0 radical (unpaired) electrons. The Bertz CT molecular complexity index is 1710. The summed E-state index contributed by atoms with van der Waals surface area (Å²) in [7, 11) is -3.84. The second kappa shape index (κ2) is 8.62. The van der Waals surface area contributed by atoms with Gasteiger partial charge in [0.2, 0.25) is 15.8 Å². The fraction of sp³-hybridized carbons (Fsp3) is 0.120. The summed E-state index contributed by atoms with van der Waals surface area (Å²) in [4.78, 5) is 23.7. The van der Waals surface area contributed by atoms with Crippen molar-refractivity contribution >= 4 is 43.4 Å². The molecule has 2 aromatic carbocycles. The van der Waals surface area contributed by atoms with E-state index in [2.05, 4.69) is 19.7 Å². The van der Waals surface area contributed by atoms with Crippen molar-refractivity contribution in [2.45, 2.75) is 13.3 Å². The van der Waals surface area contributed by atoms with Crippen molar-refractivity contribution in [3.8, 4) is 11.1 Å². The molecule has 0 bridgehead atoms. The van der Waals surface area contributed by atoms with Crippen LogP contribution in [0.2, 0.25) is 0 Å². The maximum absolute atomic E-state index is 15.2. The highest BCUT2D eigenvalue weighted by molar-refractivity contribution is 7.92. The maximum atomic E-state index is 15.2. The van der Waals surface area contributed by atoms with E-state index in [9.17, 15) is 17.6 Å². The summed E-state index contributed by atoms with van der Waals surface area (Å²) < 4.78 is 56.2. The molecule has 0 aliphatic rings. The minimum atomic E-state index is -3.84. The van der Waals surface area contributed by atoms with E-state index < -0.39 is 38.7 Å². The van der Waals surface area contributed by atoms with Crippen molar-refractivity contribution in [2.24, 2.45) is 0 Å². The van der Waals surface area contributed by atoms with Crippen LogP contribution in [-0.2, 0) is 10.0 Å². The van der Waals surface area contributed by atoms with Gasteiger partial charge in [0.15, 0.2) is 5.82 Å². The SMILES string of the molecule is CCCS(=O)(=O)Nc1ccc(F)c(C(=O)c2c[nH]c3ncc(-c4cccc5[nH]ccc45)cc23)c1F. The quantitative estimate of drug-likeness (QED) is 0.264. The van der Waals surface area contributed by atoms with E-state index in [0.29, 0.717) is 17.5 Å². The number of pyridine rings is 1. The molecule has 0 aliphatic carbocycles. The third-order valence-electron chi connectivity index (χ3n) is 5.74. The van der Waals surface area contributed by atoms with Crippen molar-refractivity contribution in [1.29, 1.82) is 0 Å². The van der Waals surface area contributed by atoms with Crippen LogP contribution in [0.25, 0.3) is 33.1 Å². The highest BCUT2D eigenvalue weighted by Gasteiger charge is 2.26. The Morgan fingerprint density at radius 3 is 2.71 bits per heavy atom. The molecule has 5 rings (SSSR count). The van der Waals surface area contributed by atoms with E-state index in [-0.39, 0.29) is 11.3 Å². The van der Waals surface area contributed by atoms with Crippen LogP contribution in [0.5, 0.6) is 0 Å². The lowest BCUT2D eigenvalue weighted by Crippen LogP contribution is -2.18. The number of anilines is 1. The first kappa shape index (κ1) is 22.7. The Hall–Kier alpha value is -4.05. The summed E-state index contributed by atoms with van der Waals surface area (Å²) in [6, 6.07) is 11.2. The highest BCUT2D eigenvalue weighted by Crippen LogP contribution is 2.32. The fourth-order valence-corrected chi connectivity index (χ4v) is 5.27. The van der Waals surface area contributed by atoms with Gasteiger partial charge in [0.05, 0.1) is 17.0 Å². The number of carbonyl (C=O) groups excluding carboxylic acids is 1. The Labute approximate surface area is 199 Å². The summed E-state index contributed by atoms with van der Waals surface area (Å²) >= 11 is 0. The number of ketones is 1. The minimum Gasteiger partial charge on any atom is -0.361 e. The molecule has 3 aromatic heterocycles. The summed E-state index contributed by atoms with van der Waals surface area (Å²) in [6.45, 7) is 1.66. The number of hydrogen-bond acceptors (Lipinski definition) is 4. The smallest absolute Gasteiger partial charge is 0.232 e. The molecule has 0 amide bonds. The van der Waals surface area contributed by atoms with Gasteiger partial charge in [-0.2, -0.15) is 0 Å². The van der Waals surface area contributed by atoms with Gasteiger partial charge in [-0.1, -0.05) is 19.1 Å². The molecular formula is C25H20F2N4O3S. The van der Waals surface area contributed by atoms with Crippen LogP contribution in [0.4, 0.5) is 14.5 Å². The Kier molecular flexibility index (Phi) is 5.60. The Morgan fingerprint density at radius 1 is 1.09 bits per heavy atom. The van der Waals surface area contributed by atoms with Crippen LogP contribution in [0, 0.1) is 11.6 Å². The van der Waals surface area contributed by atoms with Gasteiger partial charge < -0.3 is 9.97 Å². The van der Waals surface area contributed by atoms with Crippen LogP contribution in [0.1, 0.15) is 29.3 Å². The number of fused-ring (bicyclic) bond motifs is 2. The van der Waals surface area contributed by atoms with Gasteiger partial charge in [-0.25, -0.2) is 22.2 Å². The number of nitrogens with zero attached hydrogens (tertiary/aromatic N) is 1. The van der Waals surface area contributed by atoms with E-state index in [1.165, 1.54) is 6.20 Å². The van der Waals surface area contributed by atoms with Gasteiger partial charge in [0, 0.05) is 46.0 Å². The van der Waals surface area contributed by atoms with Crippen molar-refractivity contribution in [3.63, 3.8) is 0 Å². The molecule has 0 aliphatic heterocycles. The number of halogens is 2. The molecule has 3 N–H and O–H groups in total. The number of hydrogen-bond donors (Lipinski definition) is 3. The first-order chi connectivity index (χ1) is 16.8. The first-order valence-corrected chi connectivity index (χ1v) is 12.5. The monoisotopic (exact) mass is 494 g/mol. The van der Waals surface area contributed by atoms with Crippen molar-refractivity contribution in [3.05, 3.63) is 83.8 Å². The van der Waals surface area contributed by atoms with Crippen molar-refractivity contribution < 1.29 is 22.0 Å². The summed E-state index contributed by atoms with van der Waals surface area (Å²) in [5.74, 6) is -3.54. The molecule has 10 heteroatoms. The van der Waals surface area contributed by atoms with E-state index in [1.54, 1.807) is 19.2 Å². The summed E-state index contributed by atoms with van der Waals surface area (Å²) in [5.41, 5.74) is 1.59. The molecule has 5 aromatic rings. The first-order valence-electron chi connectivity index (χ1n) is 10.9. The van der Waals surface area contributed by atoms with Crippen LogP contribution < -0.4 is 4.72 Å². The number of sulfonamides is 1. The van der Waals surface area contributed by atoms with Crippen LogP contribution in [0.15, 0.2) is 61.1 Å². The highest BCUT2D eigenvalue weighted by atomic mass is 32.2. The van der Waals surface area contributed by atoms with E-state index in [1.807, 2.05) is 30.5 Å². The molecule has 35 heavy (non-hydrogen) atoms. The number of nitrogens with one attached hydrogen (secondary N) is 3. The predicted molar refractivity (Wildman–Crippen MR) is 131 cm³/mol. The van der Waals surface area contributed by atoms with Gasteiger partial charge in [-0.15, -0.1) is 0 Å². The van der Waals surface area contributed by atoms with Gasteiger partial charge >= 0.3 is 0 Å². The topological polar surface area (TPSA) is 108 Å². The van der Waals surface area contributed by atoms with Gasteiger partial charge in [-0.05, 0) is 42.3 Å². The minimum absolute atomic E-state index is 0.0157. The maximum Gasteiger partial charge on any atom is 0.232 e. The lowest BCUT2D eigenvalue weighted by atomic mass is 9.98. The zero-order valence-corrected chi connectivity index (χ0v) is 19.3. The normalized spacial score (nSPS) is 11.9. The average molecular weight is 495 g/mol. The zero-order valence-electron chi connectivity index (χ0n) is 18.5. The molecule has 0 saturated heterocycles. The second-order valence-corrected chi connectivity index (χ2v) is 9.94. The van der Waals surface area contributed by atoms with Crippen LogP contribution >= 0.6 is 0 Å². The number of benzene rings is 2. The van der Waals surface area contributed by atoms with E-state index >= 15 is 4.39 Å². The molecule has 7 nitrogen and oxygen atoms in total. The lowest BCUT2D eigenvalue weighted by molar-refractivity contribution is 0.103. The summed E-state index contributed by atoms with van der Waals surface area (Å²) in [5, 5.41) is 1.34. The van der Waals surface area contributed by atoms with E-state index in [0.717, 1.165) is 34.2 Å². The second-order valence-electron chi connectivity index (χ2n) is 8.10. The number of rotatable bonds is 7. The number of aromatic amines is 2. The average Bonchev–Trinajstić information content (AvgIpc) is 3.47. The molecule has 0 atom stereocenters. The number of carbonyl (C=O) groups is 1. The molecule has 0 spiro atoms. The summed E-state index contributed by atoms with van der Waals surface area (Å²) in [6.07, 6.45) is 5.12. The molecular weight excluding hydrogens is 474 g/mol. The van der Waals surface area contributed by atoms with E-state index in [4.69, 9.17) is 0 Å². The zero-order chi connectivity index (χ0) is 24.7. The lowest BCUT2D eigenvalue weighted by Gasteiger charge is -2.11. The van der Waals surface area contributed by atoms with Crippen LogP contribution in [0.3, 0.4) is 0 Å². The third-order valence-corrected chi connectivity index (χ3v) is 7.21. The number of H-pyrrole nitrogens is 2. The largest absolute Gasteiger partial charge is 0.361 e. The Balaban J connectivity index is 1.60. The predicted octanol–water partition coefficient (Wildman–Crippen LogP) is 5.37. The molecule has 3 heterocycles. The van der Waals surface area contributed by atoms with Gasteiger partial charge in [0.1, 0.15) is 11.5 Å². The van der Waals surface area contributed by atoms with Crippen LogP contribution in [-0.4, -0.2) is 34.9 Å². The van der Waals surface area contributed by atoms with Crippen molar-refractivity contribution in [2.75, 3.05) is 10.5 Å². The standard InChI is InChI=1S/C25H20F2N4O3S/c1-2-10-35(33,34)31-21-7-6-19(26)22(23(21)27)24(32)18-13-30-25-17(18)11-14(12-29-25)15-4-3-5-20-16(15)8-9-28-20/h3-9,11-13,28,31H,2,10H2,1H3,(H,29,30). The Morgan fingerprint density at radius 2 is 1.91 bits per heavy atom. The number of aromatic nitrogens is 3. The molecule has 178 valence electrons.